The van der Waals surface area contributed by atoms with Crippen molar-refractivity contribution in [2.24, 2.45) is 0 Å². The molecule has 1 aliphatic rings. The van der Waals surface area contributed by atoms with Gasteiger partial charge < -0.3 is 14.8 Å². The van der Waals surface area contributed by atoms with Gasteiger partial charge in [0.25, 0.3) is 0 Å². The minimum absolute atomic E-state index is 0.0136. The first-order chi connectivity index (χ1) is 11.2. The van der Waals surface area contributed by atoms with Crippen molar-refractivity contribution < 1.29 is 22.1 Å². The third-order valence-electron chi connectivity index (χ3n) is 4.29. The zero-order chi connectivity index (χ0) is 17.5. The van der Waals surface area contributed by atoms with Gasteiger partial charge in [-0.2, -0.15) is 13.2 Å². The number of piperidine rings is 1. The smallest absolute Gasteiger partial charge is 0.393 e. The van der Waals surface area contributed by atoms with Crippen LogP contribution in [0.1, 0.15) is 12.0 Å². The molecule has 0 bridgehead atoms. The molecule has 132 valence electrons. The first-order valence-electron chi connectivity index (χ1n) is 7.65. The summed E-state index contributed by atoms with van der Waals surface area (Å²) >= 11 is 0. The summed E-state index contributed by atoms with van der Waals surface area (Å²) in [5.41, 5.74) is 0.469. The Bertz CT molecular complexity index is 731. The fraction of sp³-hybridized carbons (Fsp3) is 0.500. The average molecular weight is 362 g/mol. The second-order valence-corrected chi connectivity index (χ2v) is 7.47. The third kappa shape index (κ3) is 3.65. The fourth-order valence-corrected chi connectivity index (χ4v) is 4.49. The topological polar surface area (TPSA) is 38.3 Å². The highest BCUT2D eigenvalue weighted by Crippen LogP contribution is 2.40. The number of hydrogen-bond donors (Lipinski definition) is 1. The van der Waals surface area contributed by atoms with Gasteiger partial charge in [-0.15, -0.1) is 0 Å². The number of nitrogens with one attached hydrogen (secondary N) is 1. The molecule has 1 aromatic heterocycles. The molecule has 0 spiro atoms. The first kappa shape index (κ1) is 17.4. The standard InChI is InChI=1S/C16H18F4N2OS/c1-22-6-5-13(12(17)8-22)21-14-4-2-3-11-10(7-16(18,19)20)9-24(23)15(11)14/h2-4,9,12-13,21H,5-8H2,1H3/t12-,13+,24?/m1/s1. The summed E-state index contributed by atoms with van der Waals surface area (Å²) in [6, 6.07) is 4.35. The number of benzene rings is 1. The van der Waals surface area contributed by atoms with Crippen LogP contribution in [0.15, 0.2) is 23.6 Å². The molecule has 24 heavy (non-hydrogen) atoms. The Balaban J connectivity index is 1.92. The molecule has 1 aromatic carbocycles. The number of alkyl halides is 4. The van der Waals surface area contributed by atoms with E-state index in [9.17, 15) is 22.1 Å². The van der Waals surface area contributed by atoms with E-state index < -0.39 is 35.6 Å². The largest absolute Gasteiger partial charge is 0.590 e. The molecule has 3 rings (SSSR count). The number of rotatable bonds is 3. The summed E-state index contributed by atoms with van der Waals surface area (Å²) in [5, 5.41) is 4.53. The van der Waals surface area contributed by atoms with Crippen LogP contribution in [-0.2, 0) is 6.42 Å². The molecule has 1 aliphatic heterocycles. The van der Waals surface area contributed by atoms with E-state index >= 15 is 0 Å². The van der Waals surface area contributed by atoms with Crippen LogP contribution in [-0.4, -0.2) is 48.0 Å². The Morgan fingerprint density at radius 1 is 1.38 bits per heavy atom. The van der Waals surface area contributed by atoms with Crippen molar-refractivity contribution in [3.8, 4) is 0 Å². The van der Waals surface area contributed by atoms with Crippen LogP contribution in [0.2, 0.25) is 0 Å². The number of hydrogen-bond acceptors (Lipinski definition) is 3. The number of halogens is 4. The van der Waals surface area contributed by atoms with Gasteiger partial charge in [-0.3, -0.25) is 0 Å². The van der Waals surface area contributed by atoms with Gasteiger partial charge in [-0.05, 0) is 36.4 Å². The Kier molecular flexibility index (Phi) is 4.72. The van der Waals surface area contributed by atoms with Gasteiger partial charge in [-0.1, -0.05) is 6.07 Å². The molecule has 1 unspecified atom stereocenters. The molecule has 8 heteroatoms. The van der Waals surface area contributed by atoms with Crippen LogP contribution in [0.5, 0.6) is 0 Å². The highest BCUT2D eigenvalue weighted by molar-refractivity contribution is 7.30. The SMILES string of the molecule is CN1CC[C@H](Nc2cccc3c(CC(F)(F)F)c[s+]([O-])c23)[C@H](F)C1. The average Bonchev–Trinajstić information content (AvgIpc) is 2.77. The summed E-state index contributed by atoms with van der Waals surface area (Å²) in [7, 11) is 0.185. The van der Waals surface area contributed by atoms with E-state index in [1.807, 2.05) is 11.9 Å². The van der Waals surface area contributed by atoms with Crippen molar-refractivity contribution in [3.63, 3.8) is 0 Å². The molecule has 0 saturated carbocycles. The maximum atomic E-state index is 14.2. The molecular weight excluding hydrogens is 344 g/mol. The predicted molar refractivity (Wildman–Crippen MR) is 86.8 cm³/mol. The van der Waals surface area contributed by atoms with E-state index in [0.29, 0.717) is 28.7 Å². The van der Waals surface area contributed by atoms with Crippen molar-refractivity contribution in [2.45, 2.75) is 31.2 Å². The summed E-state index contributed by atoms with van der Waals surface area (Å²) in [6.07, 6.45) is -5.98. The summed E-state index contributed by atoms with van der Waals surface area (Å²) in [6.45, 7) is 1.03. The monoisotopic (exact) mass is 362 g/mol. The molecule has 2 aromatic rings. The molecule has 3 nitrogen and oxygen atoms in total. The van der Waals surface area contributed by atoms with Gasteiger partial charge in [0.1, 0.15) is 11.6 Å². The lowest BCUT2D eigenvalue weighted by atomic mass is 10.0. The Labute approximate surface area is 140 Å². The van der Waals surface area contributed by atoms with Crippen LogP contribution in [0.3, 0.4) is 0 Å². The summed E-state index contributed by atoms with van der Waals surface area (Å²) < 4.78 is 64.8. The van der Waals surface area contributed by atoms with Crippen LogP contribution < -0.4 is 5.32 Å². The van der Waals surface area contributed by atoms with Crippen LogP contribution >= 0.6 is 10.8 Å². The summed E-state index contributed by atoms with van der Waals surface area (Å²) in [5.74, 6) is 0. The van der Waals surface area contributed by atoms with Gasteiger partial charge in [-0.25, -0.2) is 4.39 Å². The van der Waals surface area contributed by atoms with Crippen LogP contribution in [0, 0.1) is 0 Å². The van der Waals surface area contributed by atoms with Crippen molar-refractivity contribution in [1.29, 1.82) is 0 Å². The molecule has 1 N–H and O–H groups in total. The number of likely N-dealkylation sites (tertiary alicyclic amines) is 1. The second kappa shape index (κ2) is 6.50. The quantitative estimate of drug-likeness (QED) is 0.659. The second-order valence-electron chi connectivity index (χ2n) is 6.23. The highest BCUT2D eigenvalue weighted by Gasteiger charge is 2.32. The molecule has 3 atom stereocenters. The van der Waals surface area contributed by atoms with Crippen LogP contribution in [0.4, 0.5) is 23.2 Å². The number of fused-ring (bicyclic) bond motifs is 1. The Morgan fingerprint density at radius 2 is 2.12 bits per heavy atom. The van der Waals surface area contributed by atoms with Crippen molar-refractivity contribution in [2.75, 3.05) is 25.5 Å². The number of nitrogens with zero attached hydrogens (tertiary/aromatic N) is 1. The molecule has 0 radical (unpaired) electrons. The van der Waals surface area contributed by atoms with Gasteiger partial charge in [0.05, 0.1) is 18.2 Å². The maximum Gasteiger partial charge on any atom is 0.393 e. The third-order valence-corrected chi connectivity index (χ3v) is 5.63. The van der Waals surface area contributed by atoms with E-state index in [2.05, 4.69) is 5.32 Å². The minimum Gasteiger partial charge on any atom is -0.590 e. The van der Waals surface area contributed by atoms with Gasteiger partial charge in [0.15, 0.2) is 0 Å². The predicted octanol–water partition coefficient (Wildman–Crippen LogP) is 4.13. The lowest BCUT2D eigenvalue weighted by Gasteiger charge is -2.33. The lowest BCUT2D eigenvalue weighted by molar-refractivity contribution is -0.126. The van der Waals surface area contributed by atoms with Crippen molar-refractivity contribution in [1.82, 2.24) is 4.90 Å². The van der Waals surface area contributed by atoms with Crippen LogP contribution in [0.25, 0.3) is 10.1 Å². The Morgan fingerprint density at radius 3 is 2.79 bits per heavy atom. The highest BCUT2D eigenvalue weighted by atomic mass is 32.2. The molecular formula is C16H18F4N2OS. The zero-order valence-corrected chi connectivity index (χ0v) is 13.9. The van der Waals surface area contributed by atoms with Crippen molar-refractivity contribution in [3.05, 3.63) is 29.1 Å². The van der Waals surface area contributed by atoms with Gasteiger partial charge >= 0.3 is 6.18 Å². The zero-order valence-electron chi connectivity index (χ0n) is 13.1. The van der Waals surface area contributed by atoms with Crippen molar-refractivity contribution >= 4 is 26.5 Å². The molecule has 0 aliphatic carbocycles. The normalized spacial score (nSPS) is 23.7. The van der Waals surface area contributed by atoms with E-state index in [1.165, 1.54) is 6.07 Å². The fourth-order valence-electron chi connectivity index (χ4n) is 3.14. The lowest BCUT2D eigenvalue weighted by Crippen LogP contribution is -2.46. The van der Waals surface area contributed by atoms with E-state index in [4.69, 9.17) is 0 Å². The van der Waals surface area contributed by atoms with Gasteiger partial charge in [0, 0.05) is 24.0 Å². The summed E-state index contributed by atoms with van der Waals surface area (Å²) in [4.78, 5) is 1.89. The number of anilines is 1. The molecule has 1 fully saturated rings. The minimum atomic E-state index is -4.36. The van der Waals surface area contributed by atoms with Gasteiger partial charge in [0.2, 0.25) is 4.70 Å². The molecule has 0 amide bonds. The molecule has 1 saturated heterocycles. The van der Waals surface area contributed by atoms with E-state index in [1.54, 1.807) is 12.1 Å². The number of thiophene rings is 1. The Hall–Kier alpha value is -1.38. The van der Waals surface area contributed by atoms with E-state index in [0.717, 1.165) is 11.9 Å². The van der Waals surface area contributed by atoms with E-state index in [-0.39, 0.29) is 5.56 Å². The molecule has 2 heterocycles. The maximum absolute atomic E-state index is 14.2. The first-order valence-corrected chi connectivity index (χ1v) is 8.86.